The topological polar surface area (TPSA) is 73.2 Å². The number of carbonyl (C=O) groups excluding carboxylic acids is 2. The smallest absolute Gasteiger partial charge is 0.343 e. The van der Waals surface area contributed by atoms with Crippen LogP contribution in [0.5, 0.6) is 0 Å². The lowest BCUT2D eigenvalue weighted by Gasteiger charge is -2.11. The zero-order valence-electron chi connectivity index (χ0n) is 14.4. The number of amides is 1. The van der Waals surface area contributed by atoms with Crippen LogP contribution in [0.25, 0.3) is 5.69 Å². The molecular formula is C20H19N3O3. The van der Waals surface area contributed by atoms with E-state index in [-0.39, 0.29) is 24.5 Å². The fourth-order valence-corrected chi connectivity index (χ4v) is 2.55. The van der Waals surface area contributed by atoms with E-state index in [0.717, 1.165) is 11.3 Å². The maximum absolute atomic E-state index is 12.5. The fraction of sp³-hybridized carbons (Fsp3) is 0.150. The Morgan fingerprint density at radius 2 is 1.69 bits per heavy atom. The quantitative estimate of drug-likeness (QED) is 0.694. The molecule has 0 bridgehead atoms. The minimum Gasteiger partial charge on any atom is -0.462 e. The van der Waals surface area contributed by atoms with E-state index in [1.165, 1.54) is 10.9 Å². The van der Waals surface area contributed by atoms with Gasteiger partial charge in [-0.25, -0.2) is 9.48 Å². The summed E-state index contributed by atoms with van der Waals surface area (Å²) in [4.78, 5) is 24.7. The number of carbonyl (C=O) groups is 2. The van der Waals surface area contributed by atoms with Crippen molar-refractivity contribution in [1.29, 1.82) is 0 Å². The van der Waals surface area contributed by atoms with Crippen LogP contribution in [0, 0.1) is 0 Å². The molecule has 2 aromatic carbocycles. The van der Waals surface area contributed by atoms with Crippen molar-refractivity contribution < 1.29 is 14.3 Å². The number of nitrogens with zero attached hydrogens (tertiary/aromatic N) is 2. The predicted octanol–water partition coefficient (Wildman–Crippen LogP) is 3.23. The first-order valence-electron chi connectivity index (χ1n) is 8.33. The van der Waals surface area contributed by atoms with Crippen molar-refractivity contribution in [3.63, 3.8) is 0 Å². The molecule has 0 saturated heterocycles. The molecule has 0 unspecified atom stereocenters. The Morgan fingerprint density at radius 1 is 1.04 bits per heavy atom. The van der Waals surface area contributed by atoms with Gasteiger partial charge in [-0.1, -0.05) is 48.5 Å². The van der Waals surface area contributed by atoms with Crippen LogP contribution in [0.2, 0.25) is 0 Å². The van der Waals surface area contributed by atoms with Crippen molar-refractivity contribution in [2.75, 3.05) is 11.9 Å². The van der Waals surface area contributed by atoms with Crippen LogP contribution in [0.4, 0.5) is 5.82 Å². The highest BCUT2D eigenvalue weighted by Gasteiger charge is 2.21. The van der Waals surface area contributed by atoms with E-state index in [1.54, 1.807) is 6.92 Å². The molecule has 1 heterocycles. The minimum absolute atomic E-state index is 0.197. The molecule has 0 saturated carbocycles. The van der Waals surface area contributed by atoms with E-state index >= 15 is 0 Å². The van der Waals surface area contributed by atoms with Gasteiger partial charge in [0.1, 0.15) is 5.56 Å². The van der Waals surface area contributed by atoms with Gasteiger partial charge in [0.2, 0.25) is 5.91 Å². The van der Waals surface area contributed by atoms with E-state index in [4.69, 9.17) is 4.74 Å². The van der Waals surface area contributed by atoms with Crippen LogP contribution in [0.3, 0.4) is 0 Å². The molecule has 0 atom stereocenters. The van der Waals surface area contributed by atoms with Gasteiger partial charge in [-0.15, -0.1) is 0 Å². The average molecular weight is 349 g/mol. The average Bonchev–Trinajstić information content (AvgIpc) is 3.07. The number of nitrogens with one attached hydrogen (secondary N) is 1. The molecule has 1 amide bonds. The van der Waals surface area contributed by atoms with Crippen molar-refractivity contribution in [3.8, 4) is 5.69 Å². The first-order chi connectivity index (χ1) is 12.7. The van der Waals surface area contributed by atoms with E-state index < -0.39 is 5.97 Å². The van der Waals surface area contributed by atoms with E-state index in [9.17, 15) is 9.59 Å². The second kappa shape index (κ2) is 8.11. The first kappa shape index (κ1) is 17.4. The Morgan fingerprint density at radius 3 is 2.35 bits per heavy atom. The normalized spacial score (nSPS) is 10.3. The fourth-order valence-electron chi connectivity index (χ4n) is 2.55. The number of rotatable bonds is 6. The maximum Gasteiger partial charge on any atom is 0.343 e. The number of ether oxygens (including phenoxy) is 1. The van der Waals surface area contributed by atoms with E-state index in [2.05, 4.69) is 10.4 Å². The molecule has 0 aliphatic carbocycles. The number of anilines is 1. The third-order valence-electron chi connectivity index (χ3n) is 3.73. The second-order valence-corrected chi connectivity index (χ2v) is 5.59. The lowest BCUT2D eigenvalue weighted by molar-refractivity contribution is -0.115. The number of para-hydroxylation sites is 1. The lowest BCUT2D eigenvalue weighted by Crippen LogP contribution is -2.19. The molecule has 0 aliphatic rings. The Labute approximate surface area is 151 Å². The second-order valence-electron chi connectivity index (χ2n) is 5.59. The Hall–Kier alpha value is -3.41. The van der Waals surface area contributed by atoms with Gasteiger partial charge in [-0.2, -0.15) is 5.10 Å². The zero-order chi connectivity index (χ0) is 18.4. The number of aromatic nitrogens is 2. The van der Waals surface area contributed by atoms with Gasteiger partial charge in [0.05, 0.1) is 24.9 Å². The first-order valence-corrected chi connectivity index (χ1v) is 8.33. The zero-order valence-corrected chi connectivity index (χ0v) is 14.4. The predicted molar refractivity (Wildman–Crippen MR) is 98.3 cm³/mol. The number of benzene rings is 2. The van der Waals surface area contributed by atoms with Crippen molar-refractivity contribution in [1.82, 2.24) is 9.78 Å². The molecule has 1 aromatic heterocycles. The number of esters is 1. The SMILES string of the molecule is CCOC(=O)c1cnn(-c2ccccc2)c1NC(=O)Cc1ccccc1. The molecular weight excluding hydrogens is 330 g/mol. The minimum atomic E-state index is -0.523. The van der Waals surface area contributed by atoms with Crippen molar-refractivity contribution in [2.45, 2.75) is 13.3 Å². The Kier molecular flexibility index (Phi) is 5.43. The van der Waals surface area contributed by atoms with Crippen LogP contribution in [0.1, 0.15) is 22.8 Å². The van der Waals surface area contributed by atoms with Gasteiger partial charge in [-0.05, 0) is 24.6 Å². The summed E-state index contributed by atoms with van der Waals surface area (Å²) in [5.74, 6) is -0.459. The molecule has 0 radical (unpaired) electrons. The van der Waals surface area contributed by atoms with Gasteiger partial charge in [0, 0.05) is 0 Å². The molecule has 1 N–H and O–H groups in total. The highest BCUT2D eigenvalue weighted by Crippen LogP contribution is 2.21. The number of hydrogen-bond donors (Lipinski definition) is 1. The molecule has 0 fully saturated rings. The van der Waals surface area contributed by atoms with Gasteiger partial charge in [0.25, 0.3) is 0 Å². The van der Waals surface area contributed by atoms with Crippen LogP contribution in [-0.2, 0) is 16.0 Å². The van der Waals surface area contributed by atoms with Crippen LogP contribution in [0.15, 0.2) is 66.9 Å². The van der Waals surface area contributed by atoms with Gasteiger partial charge in [-0.3, -0.25) is 4.79 Å². The molecule has 0 spiro atoms. The standard InChI is InChI=1S/C20H19N3O3/c1-2-26-20(25)17-14-21-23(16-11-7-4-8-12-16)19(17)22-18(24)13-15-9-5-3-6-10-15/h3-12,14H,2,13H2,1H3,(H,22,24). The van der Waals surface area contributed by atoms with Gasteiger partial charge in [0.15, 0.2) is 5.82 Å². The molecule has 0 aliphatic heterocycles. The van der Waals surface area contributed by atoms with Gasteiger partial charge < -0.3 is 10.1 Å². The summed E-state index contributed by atoms with van der Waals surface area (Å²) >= 11 is 0. The summed E-state index contributed by atoms with van der Waals surface area (Å²) < 4.78 is 6.60. The maximum atomic E-state index is 12.5. The summed E-state index contributed by atoms with van der Waals surface area (Å²) in [6.07, 6.45) is 1.60. The van der Waals surface area contributed by atoms with Crippen molar-refractivity contribution in [2.24, 2.45) is 0 Å². The number of hydrogen-bond acceptors (Lipinski definition) is 4. The van der Waals surface area contributed by atoms with Crippen molar-refractivity contribution >= 4 is 17.7 Å². The van der Waals surface area contributed by atoms with Crippen LogP contribution in [-0.4, -0.2) is 28.3 Å². The third-order valence-corrected chi connectivity index (χ3v) is 3.73. The van der Waals surface area contributed by atoms with Crippen LogP contribution < -0.4 is 5.32 Å². The summed E-state index contributed by atoms with van der Waals surface area (Å²) in [5.41, 5.74) is 1.84. The summed E-state index contributed by atoms with van der Waals surface area (Å²) in [6, 6.07) is 18.7. The Bertz CT molecular complexity index is 889. The molecule has 3 rings (SSSR count). The highest BCUT2D eigenvalue weighted by atomic mass is 16.5. The summed E-state index contributed by atoms with van der Waals surface area (Å²) in [5, 5.41) is 7.06. The monoisotopic (exact) mass is 349 g/mol. The van der Waals surface area contributed by atoms with E-state index in [1.807, 2.05) is 60.7 Å². The molecule has 6 heteroatoms. The summed E-state index contributed by atoms with van der Waals surface area (Å²) in [7, 11) is 0. The molecule has 26 heavy (non-hydrogen) atoms. The largest absolute Gasteiger partial charge is 0.462 e. The molecule has 6 nitrogen and oxygen atoms in total. The molecule has 3 aromatic rings. The van der Waals surface area contributed by atoms with Crippen LogP contribution >= 0.6 is 0 Å². The summed E-state index contributed by atoms with van der Waals surface area (Å²) in [6.45, 7) is 1.97. The van der Waals surface area contributed by atoms with E-state index in [0.29, 0.717) is 5.82 Å². The highest BCUT2D eigenvalue weighted by molar-refractivity contribution is 6.01. The Balaban J connectivity index is 1.91. The lowest BCUT2D eigenvalue weighted by atomic mass is 10.1. The van der Waals surface area contributed by atoms with Gasteiger partial charge >= 0.3 is 5.97 Å². The van der Waals surface area contributed by atoms with Crippen molar-refractivity contribution in [3.05, 3.63) is 78.0 Å². The third kappa shape index (κ3) is 3.97. The molecule has 132 valence electrons.